The second-order valence-electron chi connectivity index (χ2n) is 6.18. The summed E-state index contributed by atoms with van der Waals surface area (Å²) in [5.74, 6) is -0.278. The summed E-state index contributed by atoms with van der Waals surface area (Å²) in [6.07, 6.45) is 0.882. The maximum atomic E-state index is 14.2. The summed E-state index contributed by atoms with van der Waals surface area (Å²) in [5.41, 5.74) is 5.96. The van der Waals surface area contributed by atoms with Crippen molar-refractivity contribution in [3.8, 4) is 0 Å². The summed E-state index contributed by atoms with van der Waals surface area (Å²) in [7, 11) is 3.51. The molecule has 1 aliphatic heterocycles. The van der Waals surface area contributed by atoms with Gasteiger partial charge in [-0.25, -0.2) is 4.39 Å². The van der Waals surface area contributed by atoms with Crippen molar-refractivity contribution in [1.82, 2.24) is 9.80 Å². The third-order valence-electron chi connectivity index (χ3n) is 4.30. The average Bonchev–Trinajstić information content (AvgIpc) is 2.83. The fourth-order valence-corrected chi connectivity index (χ4v) is 3.42. The van der Waals surface area contributed by atoms with Crippen LogP contribution in [0.2, 0.25) is 5.02 Å². The quantitative estimate of drug-likeness (QED) is 0.923. The molecule has 0 spiro atoms. The van der Waals surface area contributed by atoms with Gasteiger partial charge < -0.3 is 10.6 Å². The topological polar surface area (TPSA) is 49.6 Å². The van der Waals surface area contributed by atoms with Gasteiger partial charge in [0.05, 0.1) is 0 Å². The first kappa shape index (κ1) is 17.2. The molecule has 122 valence electrons. The van der Waals surface area contributed by atoms with Crippen molar-refractivity contribution >= 4 is 17.5 Å². The summed E-state index contributed by atoms with van der Waals surface area (Å²) >= 11 is 6.15. The van der Waals surface area contributed by atoms with E-state index in [1.165, 1.54) is 6.07 Å². The minimum Gasteiger partial charge on any atom is -0.338 e. The lowest BCUT2D eigenvalue weighted by atomic mass is 10.0. The minimum atomic E-state index is -0.729. The number of likely N-dealkylation sites (N-methyl/N-ethyl adjacent to an activating group) is 1. The third kappa shape index (κ3) is 3.26. The standard InChI is InChI=1S/C16H23ClFN3O/c1-10-7-11(8-19)9-21(10)16(22)15(20(2)3)14-12(17)5-4-6-13(14)18/h4-6,10-11,15H,7-9,19H2,1-3H3. The molecule has 2 N–H and O–H groups in total. The van der Waals surface area contributed by atoms with Gasteiger partial charge in [0, 0.05) is 23.2 Å². The Labute approximate surface area is 136 Å². The summed E-state index contributed by atoms with van der Waals surface area (Å²) in [4.78, 5) is 16.5. The van der Waals surface area contributed by atoms with E-state index in [1.807, 2.05) is 6.92 Å². The van der Waals surface area contributed by atoms with Crippen molar-refractivity contribution in [2.24, 2.45) is 11.7 Å². The lowest BCUT2D eigenvalue weighted by Gasteiger charge is -2.31. The lowest BCUT2D eigenvalue weighted by Crippen LogP contribution is -2.43. The summed E-state index contributed by atoms with van der Waals surface area (Å²) in [5, 5.41) is 0.272. The molecular weight excluding hydrogens is 305 g/mol. The van der Waals surface area contributed by atoms with Crippen LogP contribution in [0, 0.1) is 11.7 Å². The molecule has 6 heteroatoms. The van der Waals surface area contributed by atoms with Crippen LogP contribution in [0.4, 0.5) is 4.39 Å². The van der Waals surface area contributed by atoms with Crippen LogP contribution in [0.15, 0.2) is 18.2 Å². The molecule has 1 aromatic rings. The maximum Gasteiger partial charge on any atom is 0.244 e. The Morgan fingerprint density at radius 3 is 2.73 bits per heavy atom. The molecule has 1 saturated heterocycles. The average molecular weight is 328 g/mol. The van der Waals surface area contributed by atoms with E-state index in [-0.39, 0.29) is 22.5 Å². The van der Waals surface area contributed by atoms with Crippen molar-refractivity contribution in [2.75, 3.05) is 27.2 Å². The number of carbonyl (C=O) groups is 1. The van der Waals surface area contributed by atoms with Gasteiger partial charge in [0.1, 0.15) is 11.9 Å². The predicted molar refractivity (Wildman–Crippen MR) is 86.2 cm³/mol. The van der Waals surface area contributed by atoms with Crippen LogP contribution < -0.4 is 5.73 Å². The van der Waals surface area contributed by atoms with Crippen molar-refractivity contribution in [3.63, 3.8) is 0 Å². The van der Waals surface area contributed by atoms with Crippen molar-refractivity contribution in [3.05, 3.63) is 34.6 Å². The van der Waals surface area contributed by atoms with Gasteiger partial charge in [-0.3, -0.25) is 9.69 Å². The van der Waals surface area contributed by atoms with E-state index in [4.69, 9.17) is 17.3 Å². The third-order valence-corrected chi connectivity index (χ3v) is 4.63. The largest absolute Gasteiger partial charge is 0.338 e. The molecule has 0 aromatic heterocycles. The number of carbonyl (C=O) groups excluding carboxylic acids is 1. The summed E-state index contributed by atoms with van der Waals surface area (Å²) < 4.78 is 14.2. The fourth-order valence-electron chi connectivity index (χ4n) is 3.15. The Morgan fingerprint density at radius 1 is 1.55 bits per heavy atom. The molecular formula is C16H23ClFN3O. The van der Waals surface area contributed by atoms with Crippen LogP contribution in [0.5, 0.6) is 0 Å². The molecule has 3 unspecified atom stereocenters. The number of rotatable bonds is 4. The highest BCUT2D eigenvalue weighted by atomic mass is 35.5. The van der Waals surface area contributed by atoms with Gasteiger partial charge in [0.2, 0.25) is 5.91 Å². The van der Waals surface area contributed by atoms with Gasteiger partial charge in [-0.1, -0.05) is 17.7 Å². The molecule has 0 saturated carbocycles. The molecule has 1 aromatic carbocycles. The number of nitrogens with two attached hydrogens (primary N) is 1. The van der Waals surface area contributed by atoms with Gasteiger partial charge in [0.25, 0.3) is 0 Å². The monoisotopic (exact) mass is 327 g/mol. The van der Waals surface area contributed by atoms with Crippen LogP contribution in [0.1, 0.15) is 24.9 Å². The minimum absolute atomic E-state index is 0.106. The normalized spacial score (nSPS) is 23.1. The number of nitrogens with zero attached hydrogens (tertiary/aromatic N) is 2. The van der Waals surface area contributed by atoms with E-state index in [0.29, 0.717) is 19.0 Å². The molecule has 1 amide bonds. The first-order valence-corrected chi connectivity index (χ1v) is 7.85. The number of hydrogen-bond donors (Lipinski definition) is 1. The number of amides is 1. The predicted octanol–water partition coefficient (Wildman–Crippen LogP) is 2.28. The zero-order valence-corrected chi connectivity index (χ0v) is 14.0. The maximum absolute atomic E-state index is 14.2. The zero-order valence-electron chi connectivity index (χ0n) is 13.2. The Morgan fingerprint density at radius 2 is 2.23 bits per heavy atom. The molecule has 22 heavy (non-hydrogen) atoms. The van der Waals surface area contributed by atoms with Gasteiger partial charge >= 0.3 is 0 Å². The Kier molecular flexibility index (Phi) is 5.42. The second-order valence-corrected chi connectivity index (χ2v) is 6.59. The molecule has 1 fully saturated rings. The smallest absolute Gasteiger partial charge is 0.244 e. The van der Waals surface area contributed by atoms with Gasteiger partial charge in [-0.2, -0.15) is 0 Å². The van der Waals surface area contributed by atoms with Crippen molar-refractivity contribution in [1.29, 1.82) is 0 Å². The SMILES string of the molecule is CC1CC(CN)CN1C(=O)C(c1c(F)cccc1Cl)N(C)C. The molecule has 3 atom stereocenters. The van der Waals surface area contributed by atoms with E-state index in [9.17, 15) is 9.18 Å². The van der Waals surface area contributed by atoms with Crippen molar-refractivity contribution < 1.29 is 9.18 Å². The Bertz CT molecular complexity index is 532. The van der Waals surface area contributed by atoms with E-state index in [2.05, 4.69) is 0 Å². The highest BCUT2D eigenvalue weighted by molar-refractivity contribution is 6.31. The highest BCUT2D eigenvalue weighted by Crippen LogP contribution is 2.33. The van der Waals surface area contributed by atoms with Crippen LogP contribution in [-0.4, -0.2) is 48.9 Å². The van der Waals surface area contributed by atoms with Crippen LogP contribution in [0.25, 0.3) is 0 Å². The number of likely N-dealkylation sites (tertiary alicyclic amines) is 1. The zero-order chi connectivity index (χ0) is 16.4. The molecule has 4 nitrogen and oxygen atoms in total. The van der Waals surface area contributed by atoms with E-state index in [1.54, 1.807) is 36.0 Å². The number of halogens is 2. The lowest BCUT2D eigenvalue weighted by molar-refractivity contribution is -0.137. The number of benzene rings is 1. The first-order chi connectivity index (χ1) is 10.4. The molecule has 0 bridgehead atoms. The van der Waals surface area contributed by atoms with Crippen LogP contribution in [-0.2, 0) is 4.79 Å². The number of hydrogen-bond acceptors (Lipinski definition) is 3. The van der Waals surface area contributed by atoms with Gasteiger partial charge in [0.15, 0.2) is 0 Å². The molecule has 0 aliphatic carbocycles. The van der Waals surface area contributed by atoms with E-state index >= 15 is 0 Å². The molecule has 0 radical (unpaired) electrons. The first-order valence-electron chi connectivity index (χ1n) is 7.47. The van der Waals surface area contributed by atoms with Crippen LogP contribution >= 0.6 is 11.6 Å². The Balaban J connectivity index is 2.35. The van der Waals surface area contributed by atoms with E-state index < -0.39 is 11.9 Å². The molecule has 1 aliphatic rings. The van der Waals surface area contributed by atoms with Gasteiger partial charge in [-0.05, 0) is 52.0 Å². The van der Waals surface area contributed by atoms with Crippen LogP contribution in [0.3, 0.4) is 0 Å². The highest BCUT2D eigenvalue weighted by Gasteiger charge is 2.38. The summed E-state index contributed by atoms with van der Waals surface area (Å²) in [6, 6.07) is 3.86. The molecule has 2 rings (SSSR count). The van der Waals surface area contributed by atoms with Gasteiger partial charge in [-0.15, -0.1) is 0 Å². The molecule has 1 heterocycles. The Hall–Kier alpha value is -1.17. The second kappa shape index (κ2) is 6.94. The fraction of sp³-hybridized carbons (Fsp3) is 0.562. The van der Waals surface area contributed by atoms with E-state index in [0.717, 1.165) is 6.42 Å². The van der Waals surface area contributed by atoms with Crippen molar-refractivity contribution in [2.45, 2.75) is 25.4 Å². The summed E-state index contributed by atoms with van der Waals surface area (Å²) in [6.45, 7) is 3.18.